The number of carbonyl (C=O) groups excluding carboxylic acids is 1. The Bertz CT molecular complexity index is 840. The molecule has 1 atom stereocenters. The normalized spacial score (nSPS) is 17.7. The first-order valence-electron chi connectivity index (χ1n) is 8.90. The second kappa shape index (κ2) is 7.74. The minimum atomic E-state index is -0.362. The van der Waals surface area contributed by atoms with Crippen LogP contribution in [0.4, 0.5) is 0 Å². The molecular formula is C22H25NO4. The smallest absolute Gasteiger partial charge is 0.244 e. The van der Waals surface area contributed by atoms with E-state index >= 15 is 0 Å². The van der Waals surface area contributed by atoms with Crippen LogP contribution in [0.3, 0.4) is 0 Å². The van der Waals surface area contributed by atoms with Crippen molar-refractivity contribution in [1.82, 2.24) is 5.32 Å². The van der Waals surface area contributed by atoms with Crippen molar-refractivity contribution in [2.24, 2.45) is 0 Å². The van der Waals surface area contributed by atoms with Crippen molar-refractivity contribution in [2.45, 2.75) is 31.9 Å². The highest BCUT2D eigenvalue weighted by Gasteiger charge is 2.34. The first-order chi connectivity index (χ1) is 12.9. The van der Waals surface area contributed by atoms with Crippen LogP contribution >= 0.6 is 0 Å². The molecular weight excluding hydrogens is 342 g/mol. The van der Waals surface area contributed by atoms with E-state index in [4.69, 9.17) is 14.2 Å². The number of methoxy groups -OCH3 is 2. The highest BCUT2D eigenvalue weighted by molar-refractivity contribution is 5.92. The van der Waals surface area contributed by atoms with Crippen molar-refractivity contribution in [3.05, 3.63) is 59.7 Å². The molecule has 0 radical (unpaired) electrons. The first-order valence-corrected chi connectivity index (χ1v) is 8.90. The number of hydrogen-bond donors (Lipinski definition) is 1. The van der Waals surface area contributed by atoms with E-state index < -0.39 is 0 Å². The van der Waals surface area contributed by atoms with Crippen molar-refractivity contribution in [3.63, 3.8) is 0 Å². The fraction of sp³-hybridized carbons (Fsp3) is 0.318. The number of carbonyl (C=O) groups is 1. The zero-order valence-corrected chi connectivity index (χ0v) is 16.1. The van der Waals surface area contributed by atoms with Gasteiger partial charge in [0.25, 0.3) is 0 Å². The summed E-state index contributed by atoms with van der Waals surface area (Å²) in [5, 5.41) is 3.09. The molecule has 1 aliphatic heterocycles. The number of hydrogen-bond acceptors (Lipinski definition) is 4. The summed E-state index contributed by atoms with van der Waals surface area (Å²) in [6.45, 7) is 4.04. The molecule has 0 saturated heterocycles. The quantitative estimate of drug-likeness (QED) is 0.807. The lowest BCUT2D eigenvalue weighted by Gasteiger charge is -2.37. The van der Waals surface area contributed by atoms with E-state index in [1.807, 2.05) is 56.3 Å². The molecule has 1 heterocycles. The van der Waals surface area contributed by atoms with Gasteiger partial charge in [-0.3, -0.25) is 4.79 Å². The summed E-state index contributed by atoms with van der Waals surface area (Å²) in [6, 6.07) is 13.1. The monoisotopic (exact) mass is 367 g/mol. The Kier molecular flexibility index (Phi) is 5.40. The lowest BCUT2D eigenvalue weighted by Crippen LogP contribution is -2.40. The van der Waals surface area contributed by atoms with Crippen LogP contribution in [0.15, 0.2) is 48.5 Å². The minimum absolute atomic E-state index is 0.146. The summed E-state index contributed by atoms with van der Waals surface area (Å²) in [5.41, 5.74) is 1.50. The van der Waals surface area contributed by atoms with Gasteiger partial charge in [-0.25, -0.2) is 0 Å². The van der Waals surface area contributed by atoms with Crippen molar-refractivity contribution < 1.29 is 19.0 Å². The lowest BCUT2D eigenvalue weighted by atomic mass is 9.89. The largest absolute Gasteiger partial charge is 0.497 e. The molecule has 5 heteroatoms. The lowest BCUT2D eigenvalue weighted by molar-refractivity contribution is -0.117. The van der Waals surface area contributed by atoms with Gasteiger partial charge in [-0.1, -0.05) is 12.1 Å². The Morgan fingerprint density at radius 1 is 1.11 bits per heavy atom. The van der Waals surface area contributed by atoms with Crippen LogP contribution in [0.1, 0.15) is 37.4 Å². The summed E-state index contributed by atoms with van der Waals surface area (Å²) < 4.78 is 16.5. The highest BCUT2D eigenvalue weighted by atomic mass is 16.5. The van der Waals surface area contributed by atoms with E-state index in [0.717, 1.165) is 28.4 Å². The van der Waals surface area contributed by atoms with Gasteiger partial charge in [0.1, 0.15) is 22.8 Å². The van der Waals surface area contributed by atoms with Crippen LogP contribution in [0.2, 0.25) is 0 Å². The number of ether oxygens (including phenoxy) is 3. The van der Waals surface area contributed by atoms with Gasteiger partial charge in [-0.05, 0) is 55.8 Å². The highest BCUT2D eigenvalue weighted by Crippen LogP contribution is 2.41. The molecule has 142 valence electrons. The SMILES string of the molecule is COc1ccc(/C=C/C(=O)N[C@H]2CC(C)(C)Oc3ccc(OC)cc32)cc1. The molecule has 2 aromatic carbocycles. The Hall–Kier alpha value is -2.95. The second-order valence-electron chi connectivity index (χ2n) is 7.14. The van der Waals surface area contributed by atoms with Crippen LogP contribution in [-0.2, 0) is 4.79 Å². The summed E-state index contributed by atoms with van der Waals surface area (Å²) in [6.07, 6.45) is 4.01. The predicted molar refractivity (Wildman–Crippen MR) is 105 cm³/mol. The number of fused-ring (bicyclic) bond motifs is 1. The number of amides is 1. The maximum atomic E-state index is 12.5. The van der Waals surface area contributed by atoms with Gasteiger partial charge < -0.3 is 19.5 Å². The van der Waals surface area contributed by atoms with Crippen LogP contribution in [0.5, 0.6) is 17.2 Å². The average Bonchev–Trinajstić information content (AvgIpc) is 2.65. The third-order valence-electron chi connectivity index (χ3n) is 4.53. The van der Waals surface area contributed by atoms with Crippen molar-refractivity contribution in [3.8, 4) is 17.2 Å². The van der Waals surface area contributed by atoms with Gasteiger partial charge in [-0.2, -0.15) is 0 Å². The molecule has 2 aromatic rings. The molecule has 0 spiro atoms. The third-order valence-corrected chi connectivity index (χ3v) is 4.53. The van der Waals surface area contributed by atoms with E-state index in [9.17, 15) is 4.79 Å². The van der Waals surface area contributed by atoms with Crippen LogP contribution in [0.25, 0.3) is 6.08 Å². The molecule has 0 unspecified atom stereocenters. The van der Waals surface area contributed by atoms with E-state index in [2.05, 4.69) is 5.32 Å². The van der Waals surface area contributed by atoms with Gasteiger partial charge in [0.05, 0.1) is 20.3 Å². The van der Waals surface area contributed by atoms with Crippen LogP contribution < -0.4 is 19.5 Å². The van der Waals surface area contributed by atoms with Crippen molar-refractivity contribution in [2.75, 3.05) is 14.2 Å². The zero-order valence-electron chi connectivity index (χ0n) is 16.1. The maximum absolute atomic E-state index is 12.5. The molecule has 0 saturated carbocycles. The molecule has 0 aliphatic carbocycles. The van der Waals surface area contributed by atoms with E-state index in [1.54, 1.807) is 26.4 Å². The zero-order chi connectivity index (χ0) is 19.4. The third kappa shape index (κ3) is 4.61. The summed E-state index contributed by atoms with van der Waals surface area (Å²) in [5.74, 6) is 2.15. The van der Waals surface area contributed by atoms with Gasteiger partial charge in [0, 0.05) is 18.1 Å². The molecule has 27 heavy (non-hydrogen) atoms. The Labute approximate surface area is 159 Å². The summed E-state index contributed by atoms with van der Waals surface area (Å²) in [7, 11) is 3.25. The van der Waals surface area contributed by atoms with E-state index in [0.29, 0.717) is 6.42 Å². The first kappa shape index (κ1) is 18.8. The second-order valence-corrected chi connectivity index (χ2v) is 7.14. The van der Waals surface area contributed by atoms with E-state index in [-0.39, 0.29) is 17.6 Å². The molecule has 0 aromatic heterocycles. The van der Waals surface area contributed by atoms with Gasteiger partial charge >= 0.3 is 0 Å². The summed E-state index contributed by atoms with van der Waals surface area (Å²) in [4.78, 5) is 12.5. The number of rotatable bonds is 5. The fourth-order valence-corrected chi connectivity index (χ4v) is 3.20. The number of benzene rings is 2. The van der Waals surface area contributed by atoms with Crippen molar-refractivity contribution in [1.29, 1.82) is 0 Å². The molecule has 5 nitrogen and oxygen atoms in total. The predicted octanol–water partition coefficient (Wildman–Crippen LogP) is 4.14. The fourth-order valence-electron chi connectivity index (χ4n) is 3.20. The van der Waals surface area contributed by atoms with Gasteiger partial charge in [-0.15, -0.1) is 0 Å². The molecule has 0 bridgehead atoms. The Morgan fingerprint density at radius 3 is 2.44 bits per heavy atom. The van der Waals surface area contributed by atoms with Gasteiger partial charge in [0.15, 0.2) is 0 Å². The molecule has 1 aliphatic rings. The standard InChI is InChI=1S/C22H25NO4/c1-22(2)14-19(18-13-17(26-4)10-11-20(18)27-22)23-21(24)12-7-15-5-8-16(25-3)9-6-15/h5-13,19H,14H2,1-4H3,(H,23,24)/b12-7+/t19-/m0/s1. The summed E-state index contributed by atoms with van der Waals surface area (Å²) >= 11 is 0. The molecule has 3 rings (SSSR count). The topological polar surface area (TPSA) is 56.8 Å². The van der Waals surface area contributed by atoms with Crippen LogP contribution in [-0.4, -0.2) is 25.7 Å². The number of nitrogens with one attached hydrogen (secondary N) is 1. The minimum Gasteiger partial charge on any atom is -0.497 e. The molecule has 1 amide bonds. The molecule has 1 N–H and O–H groups in total. The van der Waals surface area contributed by atoms with Gasteiger partial charge in [0.2, 0.25) is 5.91 Å². The van der Waals surface area contributed by atoms with Crippen LogP contribution in [0, 0.1) is 0 Å². The average molecular weight is 367 g/mol. The van der Waals surface area contributed by atoms with Crippen molar-refractivity contribution >= 4 is 12.0 Å². The Morgan fingerprint density at radius 2 is 1.78 bits per heavy atom. The maximum Gasteiger partial charge on any atom is 0.244 e. The van der Waals surface area contributed by atoms with E-state index in [1.165, 1.54) is 0 Å². The molecule has 0 fully saturated rings. The Balaban J connectivity index is 1.75.